The predicted octanol–water partition coefficient (Wildman–Crippen LogP) is 5.87. The normalized spacial score (nSPS) is 15.5. The number of carbonyl (C=O) groups is 2. The smallest absolute Gasteiger partial charge is 0.293 e. The first-order valence-corrected chi connectivity index (χ1v) is 10.4. The van der Waals surface area contributed by atoms with E-state index in [0.717, 1.165) is 45.8 Å². The summed E-state index contributed by atoms with van der Waals surface area (Å²) in [5, 5.41) is 1.99. The monoisotopic (exact) mass is 403 g/mol. The van der Waals surface area contributed by atoms with Crippen molar-refractivity contribution in [2.24, 2.45) is 0 Å². The first-order valence-electron chi connectivity index (χ1n) is 9.60. The summed E-state index contributed by atoms with van der Waals surface area (Å²) in [5.74, 6) is 0.549. The average Bonchev–Trinajstić information content (AvgIpc) is 3.00. The number of rotatable bonds is 6. The number of ether oxygens (including phenoxy) is 1. The molecule has 3 aromatic carbocycles. The van der Waals surface area contributed by atoms with Gasteiger partial charge in [-0.25, -0.2) is 0 Å². The Hall–Kier alpha value is -3.05. The predicted molar refractivity (Wildman–Crippen MR) is 118 cm³/mol. The maximum Gasteiger partial charge on any atom is 0.293 e. The van der Waals surface area contributed by atoms with E-state index in [1.807, 2.05) is 66.7 Å². The highest BCUT2D eigenvalue weighted by molar-refractivity contribution is 8.18. The van der Waals surface area contributed by atoms with Gasteiger partial charge in [-0.1, -0.05) is 55.5 Å². The summed E-state index contributed by atoms with van der Waals surface area (Å²) in [6.07, 6.45) is 2.71. The van der Waals surface area contributed by atoms with Crippen molar-refractivity contribution < 1.29 is 14.3 Å². The molecule has 3 aromatic rings. The number of fused-ring (bicyclic) bond motifs is 1. The maximum atomic E-state index is 12.8. The fourth-order valence-electron chi connectivity index (χ4n) is 3.19. The van der Waals surface area contributed by atoms with Crippen LogP contribution < -0.4 is 4.74 Å². The van der Waals surface area contributed by atoms with Crippen molar-refractivity contribution in [3.8, 4) is 5.75 Å². The summed E-state index contributed by atoms with van der Waals surface area (Å²) in [6, 6.07) is 21.6. The Morgan fingerprint density at radius 3 is 2.48 bits per heavy atom. The van der Waals surface area contributed by atoms with Crippen LogP contribution in [-0.4, -0.2) is 22.7 Å². The van der Waals surface area contributed by atoms with E-state index in [2.05, 4.69) is 6.92 Å². The molecule has 0 saturated carbocycles. The van der Waals surface area contributed by atoms with Crippen LogP contribution in [0.2, 0.25) is 0 Å². The van der Waals surface area contributed by atoms with Crippen molar-refractivity contribution in [2.45, 2.75) is 19.9 Å². The SMILES string of the molecule is CCCOc1ccc(/C=C2\SC(=O)N(Cc3ccc4ccccc4c3)C2=O)cc1. The van der Waals surface area contributed by atoms with E-state index >= 15 is 0 Å². The highest BCUT2D eigenvalue weighted by Gasteiger charge is 2.34. The van der Waals surface area contributed by atoms with Gasteiger partial charge in [0.05, 0.1) is 18.1 Å². The Morgan fingerprint density at radius 1 is 0.966 bits per heavy atom. The summed E-state index contributed by atoms with van der Waals surface area (Å²) in [7, 11) is 0. The minimum absolute atomic E-state index is 0.239. The van der Waals surface area contributed by atoms with Crippen LogP contribution in [0.5, 0.6) is 5.75 Å². The molecule has 29 heavy (non-hydrogen) atoms. The van der Waals surface area contributed by atoms with Crippen LogP contribution in [0.3, 0.4) is 0 Å². The second kappa shape index (κ2) is 8.53. The Balaban J connectivity index is 1.49. The summed E-state index contributed by atoms with van der Waals surface area (Å²) in [6.45, 7) is 3.01. The van der Waals surface area contributed by atoms with Crippen LogP contribution in [0.1, 0.15) is 24.5 Å². The molecule has 1 aliphatic rings. The van der Waals surface area contributed by atoms with Crippen LogP contribution >= 0.6 is 11.8 Å². The zero-order valence-corrected chi connectivity index (χ0v) is 16.9. The Bertz CT molecular complexity index is 1090. The quantitative estimate of drug-likeness (QED) is 0.483. The summed E-state index contributed by atoms with van der Waals surface area (Å²) >= 11 is 0.985. The van der Waals surface area contributed by atoms with Crippen molar-refractivity contribution >= 4 is 39.8 Å². The molecule has 0 radical (unpaired) electrons. The van der Waals surface area contributed by atoms with Crippen LogP contribution in [0.15, 0.2) is 71.6 Å². The van der Waals surface area contributed by atoms with Crippen LogP contribution in [0, 0.1) is 0 Å². The van der Waals surface area contributed by atoms with Crippen LogP contribution in [0.25, 0.3) is 16.8 Å². The molecule has 0 bridgehead atoms. The van der Waals surface area contributed by atoms with Crippen LogP contribution in [0.4, 0.5) is 4.79 Å². The van der Waals surface area contributed by atoms with Gasteiger partial charge in [0.2, 0.25) is 0 Å². The van der Waals surface area contributed by atoms with Crippen LogP contribution in [-0.2, 0) is 11.3 Å². The highest BCUT2D eigenvalue weighted by Crippen LogP contribution is 2.33. The summed E-state index contributed by atoms with van der Waals surface area (Å²) < 4.78 is 5.58. The number of nitrogens with zero attached hydrogens (tertiary/aromatic N) is 1. The molecule has 0 spiro atoms. The highest BCUT2D eigenvalue weighted by atomic mass is 32.2. The fraction of sp³-hybridized carbons (Fsp3) is 0.167. The van der Waals surface area contributed by atoms with Crippen molar-refractivity contribution in [3.63, 3.8) is 0 Å². The van der Waals surface area contributed by atoms with Crippen molar-refractivity contribution in [1.29, 1.82) is 0 Å². The number of amides is 2. The van der Waals surface area contributed by atoms with E-state index in [4.69, 9.17) is 4.74 Å². The molecule has 1 fully saturated rings. The third-order valence-corrected chi connectivity index (χ3v) is 5.59. The lowest BCUT2D eigenvalue weighted by atomic mass is 10.1. The third kappa shape index (κ3) is 4.35. The Labute approximate surface area is 174 Å². The van der Waals surface area contributed by atoms with Gasteiger partial charge in [-0.3, -0.25) is 14.5 Å². The molecular formula is C24H21NO3S. The molecule has 4 nitrogen and oxygen atoms in total. The molecule has 0 N–H and O–H groups in total. The lowest BCUT2D eigenvalue weighted by Gasteiger charge is -2.13. The van der Waals surface area contributed by atoms with Gasteiger partial charge in [0.15, 0.2) is 0 Å². The van der Waals surface area contributed by atoms with Gasteiger partial charge in [-0.2, -0.15) is 0 Å². The van der Waals surface area contributed by atoms with E-state index in [0.29, 0.717) is 11.5 Å². The first-order chi connectivity index (χ1) is 14.1. The van der Waals surface area contributed by atoms with Gasteiger partial charge >= 0.3 is 0 Å². The summed E-state index contributed by atoms with van der Waals surface area (Å²) in [4.78, 5) is 27.0. The van der Waals surface area contributed by atoms with E-state index in [1.54, 1.807) is 6.08 Å². The van der Waals surface area contributed by atoms with Gasteiger partial charge in [-0.05, 0) is 64.4 Å². The lowest BCUT2D eigenvalue weighted by molar-refractivity contribution is -0.123. The van der Waals surface area contributed by atoms with E-state index < -0.39 is 0 Å². The molecule has 0 aromatic heterocycles. The standard InChI is InChI=1S/C24H21NO3S/c1-2-13-28-21-11-8-17(9-12-21)15-22-23(26)25(24(27)29-22)16-18-7-10-19-5-3-4-6-20(19)14-18/h3-12,14-15H,2,13,16H2,1H3/b22-15-. The number of thioether (sulfide) groups is 1. The number of benzene rings is 3. The lowest BCUT2D eigenvalue weighted by Crippen LogP contribution is -2.27. The zero-order valence-electron chi connectivity index (χ0n) is 16.1. The number of hydrogen-bond acceptors (Lipinski definition) is 4. The molecular weight excluding hydrogens is 382 g/mol. The topological polar surface area (TPSA) is 46.6 Å². The van der Waals surface area contributed by atoms with Crippen molar-refractivity contribution in [1.82, 2.24) is 4.90 Å². The molecule has 0 aliphatic carbocycles. The molecule has 0 atom stereocenters. The zero-order chi connectivity index (χ0) is 20.2. The minimum atomic E-state index is -0.250. The molecule has 2 amide bonds. The third-order valence-electron chi connectivity index (χ3n) is 4.68. The van der Waals surface area contributed by atoms with Gasteiger partial charge in [0.25, 0.3) is 11.1 Å². The van der Waals surface area contributed by atoms with Gasteiger partial charge in [0.1, 0.15) is 5.75 Å². The Kier molecular flexibility index (Phi) is 5.67. The number of carbonyl (C=O) groups excluding carboxylic acids is 2. The van der Waals surface area contributed by atoms with Gasteiger partial charge in [-0.15, -0.1) is 0 Å². The second-order valence-electron chi connectivity index (χ2n) is 6.87. The van der Waals surface area contributed by atoms with E-state index in [-0.39, 0.29) is 17.7 Å². The number of hydrogen-bond donors (Lipinski definition) is 0. The second-order valence-corrected chi connectivity index (χ2v) is 7.86. The van der Waals surface area contributed by atoms with E-state index in [9.17, 15) is 9.59 Å². The van der Waals surface area contributed by atoms with Crippen molar-refractivity contribution in [2.75, 3.05) is 6.61 Å². The molecule has 1 aliphatic heterocycles. The van der Waals surface area contributed by atoms with Gasteiger partial charge in [0, 0.05) is 0 Å². The average molecular weight is 404 g/mol. The van der Waals surface area contributed by atoms with E-state index in [1.165, 1.54) is 4.90 Å². The minimum Gasteiger partial charge on any atom is -0.494 e. The molecule has 4 rings (SSSR count). The molecule has 5 heteroatoms. The largest absolute Gasteiger partial charge is 0.494 e. The van der Waals surface area contributed by atoms with Gasteiger partial charge < -0.3 is 4.74 Å². The molecule has 1 saturated heterocycles. The summed E-state index contributed by atoms with van der Waals surface area (Å²) in [5.41, 5.74) is 1.80. The molecule has 146 valence electrons. The van der Waals surface area contributed by atoms with Crippen molar-refractivity contribution in [3.05, 3.63) is 82.8 Å². The molecule has 0 unspecified atom stereocenters. The number of imide groups is 1. The maximum absolute atomic E-state index is 12.8. The molecule has 1 heterocycles. The first kappa shape index (κ1) is 19.3. The Morgan fingerprint density at radius 2 is 1.72 bits per heavy atom. The fourth-order valence-corrected chi connectivity index (χ4v) is 4.03.